The maximum absolute atomic E-state index is 12.3. The average molecular weight is 438 g/mol. The first-order valence-corrected chi connectivity index (χ1v) is 7.09. The van der Waals surface area contributed by atoms with Crippen molar-refractivity contribution in [3.8, 4) is 0 Å². The van der Waals surface area contributed by atoms with Crippen LogP contribution in [0.15, 0.2) is 4.99 Å². The van der Waals surface area contributed by atoms with E-state index in [4.69, 9.17) is 4.74 Å². The number of nitrogens with zero attached hydrogens (tertiary/aromatic N) is 2. The van der Waals surface area contributed by atoms with Crippen molar-refractivity contribution < 1.29 is 17.9 Å². The summed E-state index contributed by atoms with van der Waals surface area (Å²) in [7, 11) is 3.29. The van der Waals surface area contributed by atoms with Crippen molar-refractivity contribution in [2.24, 2.45) is 10.9 Å². The molecule has 132 valence electrons. The molecule has 22 heavy (non-hydrogen) atoms. The summed E-state index contributed by atoms with van der Waals surface area (Å²) >= 11 is 0. The van der Waals surface area contributed by atoms with E-state index in [1.54, 1.807) is 14.2 Å². The molecule has 2 atom stereocenters. The smallest absolute Gasteiger partial charge is 0.383 e. The van der Waals surface area contributed by atoms with Crippen molar-refractivity contribution in [3.63, 3.8) is 0 Å². The zero-order chi connectivity index (χ0) is 15.9. The van der Waals surface area contributed by atoms with Gasteiger partial charge in [-0.1, -0.05) is 0 Å². The van der Waals surface area contributed by atoms with E-state index in [0.717, 1.165) is 6.42 Å². The van der Waals surface area contributed by atoms with Gasteiger partial charge in [0.05, 0.1) is 13.2 Å². The molecule has 2 N–H and O–H groups in total. The van der Waals surface area contributed by atoms with Gasteiger partial charge in [-0.25, -0.2) is 0 Å². The predicted molar refractivity (Wildman–Crippen MR) is 91.9 cm³/mol. The molecule has 0 radical (unpaired) electrons. The van der Waals surface area contributed by atoms with E-state index in [0.29, 0.717) is 32.2 Å². The SMILES string of the molecule is CN=C(NCC1CCN(CC(F)(F)F)C1)NC(C)COC.I. The van der Waals surface area contributed by atoms with Crippen molar-refractivity contribution in [3.05, 3.63) is 0 Å². The Labute approximate surface area is 147 Å². The van der Waals surface area contributed by atoms with E-state index in [2.05, 4.69) is 15.6 Å². The summed E-state index contributed by atoms with van der Waals surface area (Å²) in [6, 6.07) is 0.117. The van der Waals surface area contributed by atoms with E-state index < -0.39 is 12.7 Å². The topological polar surface area (TPSA) is 48.9 Å². The Morgan fingerprint density at radius 2 is 2.14 bits per heavy atom. The van der Waals surface area contributed by atoms with Gasteiger partial charge in [0.15, 0.2) is 5.96 Å². The molecule has 2 unspecified atom stereocenters. The molecule has 0 aliphatic carbocycles. The third-order valence-electron chi connectivity index (χ3n) is 3.35. The normalized spacial score (nSPS) is 21.4. The minimum Gasteiger partial charge on any atom is -0.383 e. The number of aliphatic imine (C=N–C) groups is 1. The number of nitrogens with one attached hydrogen (secondary N) is 2. The molecule has 1 saturated heterocycles. The molecule has 1 fully saturated rings. The van der Waals surface area contributed by atoms with Crippen molar-refractivity contribution in [2.45, 2.75) is 25.6 Å². The van der Waals surface area contributed by atoms with Crippen molar-refractivity contribution >= 4 is 29.9 Å². The predicted octanol–water partition coefficient (Wildman–Crippen LogP) is 1.69. The zero-order valence-electron chi connectivity index (χ0n) is 13.2. The zero-order valence-corrected chi connectivity index (χ0v) is 15.6. The number of hydrogen-bond donors (Lipinski definition) is 2. The summed E-state index contributed by atoms with van der Waals surface area (Å²) in [6.07, 6.45) is -3.34. The molecule has 0 amide bonds. The van der Waals surface area contributed by atoms with Crippen molar-refractivity contribution in [1.82, 2.24) is 15.5 Å². The molecule has 1 rings (SSSR count). The molecular weight excluding hydrogens is 412 g/mol. The lowest BCUT2D eigenvalue weighted by Crippen LogP contribution is -2.45. The van der Waals surface area contributed by atoms with Crippen LogP contribution < -0.4 is 10.6 Å². The fourth-order valence-electron chi connectivity index (χ4n) is 2.44. The summed E-state index contributed by atoms with van der Waals surface area (Å²) < 4.78 is 42.0. The number of alkyl halides is 3. The van der Waals surface area contributed by atoms with Crippen LogP contribution in [-0.4, -0.2) is 70.0 Å². The van der Waals surface area contributed by atoms with Gasteiger partial charge in [-0.05, 0) is 25.8 Å². The monoisotopic (exact) mass is 438 g/mol. The molecule has 1 heterocycles. The number of ether oxygens (including phenoxy) is 1. The third kappa shape index (κ3) is 8.99. The van der Waals surface area contributed by atoms with Crippen LogP contribution in [0.25, 0.3) is 0 Å². The Kier molecular flexibility index (Phi) is 10.3. The number of halogens is 4. The Morgan fingerprint density at radius 3 is 2.68 bits per heavy atom. The minimum atomic E-state index is -4.12. The minimum absolute atomic E-state index is 0. The molecule has 0 spiro atoms. The van der Waals surface area contributed by atoms with Gasteiger partial charge >= 0.3 is 6.18 Å². The summed E-state index contributed by atoms with van der Waals surface area (Å²) in [5, 5.41) is 6.32. The standard InChI is InChI=1S/C13H25F3N4O.HI/c1-10(8-21-3)19-12(17-2)18-6-11-4-5-20(7-11)9-13(14,15)16;/h10-11H,4-9H2,1-3H3,(H2,17,18,19);1H. The molecular formula is C13H26F3IN4O. The third-order valence-corrected chi connectivity index (χ3v) is 3.35. The lowest BCUT2D eigenvalue weighted by atomic mass is 10.1. The second-order valence-electron chi connectivity index (χ2n) is 5.46. The van der Waals surface area contributed by atoms with Crippen LogP contribution in [0.5, 0.6) is 0 Å². The molecule has 0 saturated carbocycles. The Bertz CT molecular complexity index is 342. The Balaban J connectivity index is 0.00000441. The average Bonchev–Trinajstić information content (AvgIpc) is 2.80. The summed E-state index contributed by atoms with van der Waals surface area (Å²) in [5.74, 6) is 0.859. The van der Waals surface area contributed by atoms with Gasteiger partial charge in [0.2, 0.25) is 0 Å². The Hall–Kier alpha value is -0.290. The first kappa shape index (κ1) is 21.7. The van der Waals surface area contributed by atoms with Gasteiger partial charge in [0, 0.05) is 33.3 Å². The fraction of sp³-hybridized carbons (Fsp3) is 0.923. The highest BCUT2D eigenvalue weighted by molar-refractivity contribution is 14.0. The number of likely N-dealkylation sites (tertiary alicyclic amines) is 1. The van der Waals surface area contributed by atoms with E-state index in [-0.39, 0.29) is 35.9 Å². The molecule has 9 heteroatoms. The lowest BCUT2D eigenvalue weighted by molar-refractivity contribution is -0.143. The maximum Gasteiger partial charge on any atom is 0.401 e. The second kappa shape index (κ2) is 10.5. The van der Waals surface area contributed by atoms with E-state index in [9.17, 15) is 13.2 Å². The summed E-state index contributed by atoms with van der Waals surface area (Å²) in [6.45, 7) is 3.30. The van der Waals surface area contributed by atoms with E-state index >= 15 is 0 Å². The molecule has 0 aromatic rings. The van der Waals surface area contributed by atoms with Gasteiger partial charge in [-0.2, -0.15) is 13.2 Å². The molecule has 5 nitrogen and oxygen atoms in total. The van der Waals surface area contributed by atoms with E-state index in [1.807, 2.05) is 6.92 Å². The van der Waals surface area contributed by atoms with Crippen LogP contribution in [-0.2, 0) is 4.74 Å². The van der Waals surface area contributed by atoms with Crippen molar-refractivity contribution in [2.75, 3.05) is 46.9 Å². The van der Waals surface area contributed by atoms with Gasteiger partial charge in [-0.3, -0.25) is 9.89 Å². The van der Waals surface area contributed by atoms with Crippen LogP contribution in [0.4, 0.5) is 13.2 Å². The maximum atomic E-state index is 12.3. The summed E-state index contributed by atoms with van der Waals surface area (Å²) in [5.41, 5.74) is 0. The van der Waals surface area contributed by atoms with Crippen molar-refractivity contribution in [1.29, 1.82) is 0 Å². The van der Waals surface area contributed by atoms with Crippen LogP contribution in [0.2, 0.25) is 0 Å². The Morgan fingerprint density at radius 1 is 1.45 bits per heavy atom. The fourth-order valence-corrected chi connectivity index (χ4v) is 2.44. The number of rotatable bonds is 6. The number of guanidine groups is 1. The van der Waals surface area contributed by atoms with Crippen LogP contribution >= 0.6 is 24.0 Å². The first-order valence-electron chi connectivity index (χ1n) is 7.09. The largest absolute Gasteiger partial charge is 0.401 e. The highest BCUT2D eigenvalue weighted by Gasteiger charge is 2.34. The van der Waals surface area contributed by atoms with E-state index in [1.165, 1.54) is 4.90 Å². The lowest BCUT2D eigenvalue weighted by Gasteiger charge is -2.20. The molecule has 0 aromatic carbocycles. The first-order chi connectivity index (χ1) is 9.84. The molecule has 1 aliphatic rings. The highest BCUT2D eigenvalue weighted by Crippen LogP contribution is 2.22. The summed E-state index contributed by atoms with van der Waals surface area (Å²) in [4.78, 5) is 5.55. The van der Waals surface area contributed by atoms with Crippen LogP contribution in [0.1, 0.15) is 13.3 Å². The molecule has 0 aromatic heterocycles. The van der Waals surface area contributed by atoms with Crippen LogP contribution in [0.3, 0.4) is 0 Å². The molecule has 0 bridgehead atoms. The number of hydrogen-bond acceptors (Lipinski definition) is 3. The van der Waals surface area contributed by atoms with Crippen LogP contribution in [0, 0.1) is 5.92 Å². The number of methoxy groups -OCH3 is 1. The second-order valence-corrected chi connectivity index (χ2v) is 5.46. The van der Waals surface area contributed by atoms with Gasteiger partial charge < -0.3 is 15.4 Å². The van der Waals surface area contributed by atoms with Gasteiger partial charge in [0.1, 0.15) is 0 Å². The van der Waals surface area contributed by atoms with Gasteiger partial charge in [0.25, 0.3) is 0 Å². The van der Waals surface area contributed by atoms with Gasteiger partial charge in [-0.15, -0.1) is 24.0 Å². The highest BCUT2D eigenvalue weighted by atomic mass is 127. The quantitative estimate of drug-likeness (QED) is 0.377. The molecule has 1 aliphatic heterocycles.